The number of carbonyl (C=O) groups excluding carboxylic acids is 1. The number of carbonyl (C=O) groups is 1. The van der Waals surface area contributed by atoms with Gasteiger partial charge < -0.3 is 4.74 Å². The molecule has 0 bridgehead atoms. The summed E-state index contributed by atoms with van der Waals surface area (Å²) in [5, 5.41) is 0.779. The van der Waals surface area contributed by atoms with Crippen LogP contribution in [0.3, 0.4) is 0 Å². The minimum Gasteiger partial charge on any atom is -0.376 e. The van der Waals surface area contributed by atoms with Crippen molar-refractivity contribution in [3.8, 4) is 0 Å². The Kier molecular flexibility index (Phi) is 5.94. The molecule has 1 fully saturated rings. The summed E-state index contributed by atoms with van der Waals surface area (Å²) < 4.78 is 7.00. The van der Waals surface area contributed by atoms with Crippen molar-refractivity contribution in [3.63, 3.8) is 0 Å². The van der Waals surface area contributed by atoms with E-state index in [4.69, 9.17) is 9.72 Å². The van der Waals surface area contributed by atoms with E-state index in [0.29, 0.717) is 13.0 Å². The average Bonchev–Trinajstić information content (AvgIpc) is 3.32. The predicted molar refractivity (Wildman–Crippen MR) is 125 cm³/mol. The molecule has 1 amide bonds. The Morgan fingerprint density at radius 3 is 2.40 bits per heavy atom. The summed E-state index contributed by atoms with van der Waals surface area (Å²) in [5.41, 5.74) is 8.07. The zero-order valence-electron chi connectivity index (χ0n) is 18.5. The fourth-order valence-corrected chi connectivity index (χ4v) is 5.66. The summed E-state index contributed by atoms with van der Waals surface area (Å²) in [6, 6.07) is 8.62. The first-order valence-corrected chi connectivity index (χ1v) is 11.5. The molecule has 0 saturated carbocycles. The van der Waals surface area contributed by atoms with Gasteiger partial charge in [0.2, 0.25) is 5.91 Å². The van der Waals surface area contributed by atoms with Crippen molar-refractivity contribution in [2.45, 2.75) is 60.0 Å². The van der Waals surface area contributed by atoms with E-state index in [1.165, 1.54) is 22.3 Å². The fourth-order valence-electron chi connectivity index (χ4n) is 4.49. The highest BCUT2D eigenvalue weighted by molar-refractivity contribution is 7.22. The Bertz CT molecular complexity index is 1070. The molecule has 2 heterocycles. The van der Waals surface area contributed by atoms with Crippen LogP contribution in [-0.2, 0) is 16.0 Å². The van der Waals surface area contributed by atoms with E-state index < -0.39 is 0 Å². The summed E-state index contributed by atoms with van der Waals surface area (Å²) in [7, 11) is 0. The maximum atomic E-state index is 13.6. The summed E-state index contributed by atoms with van der Waals surface area (Å²) in [5.74, 6) is 0.0917. The molecule has 1 unspecified atom stereocenters. The number of ether oxygens (including phenoxy) is 1. The van der Waals surface area contributed by atoms with Crippen molar-refractivity contribution in [2.75, 3.05) is 18.1 Å². The highest BCUT2D eigenvalue weighted by Gasteiger charge is 2.27. The number of aryl methyl sites for hydroxylation is 5. The smallest absolute Gasteiger partial charge is 0.233 e. The van der Waals surface area contributed by atoms with Crippen molar-refractivity contribution in [3.05, 3.63) is 57.6 Å². The van der Waals surface area contributed by atoms with E-state index in [9.17, 15) is 4.79 Å². The Labute approximate surface area is 182 Å². The van der Waals surface area contributed by atoms with E-state index in [1.54, 1.807) is 11.3 Å². The molecule has 5 heteroatoms. The van der Waals surface area contributed by atoms with Crippen LogP contribution in [0.15, 0.2) is 24.3 Å². The van der Waals surface area contributed by atoms with Gasteiger partial charge in [-0.15, -0.1) is 0 Å². The van der Waals surface area contributed by atoms with Gasteiger partial charge in [0.05, 0.1) is 29.3 Å². The van der Waals surface area contributed by atoms with Crippen molar-refractivity contribution in [1.29, 1.82) is 0 Å². The van der Waals surface area contributed by atoms with Gasteiger partial charge in [-0.1, -0.05) is 35.1 Å². The van der Waals surface area contributed by atoms with Crippen LogP contribution >= 0.6 is 11.3 Å². The van der Waals surface area contributed by atoms with Crippen LogP contribution in [-0.4, -0.2) is 30.1 Å². The third-order valence-corrected chi connectivity index (χ3v) is 6.95. The van der Waals surface area contributed by atoms with Gasteiger partial charge in [-0.25, -0.2) is 4.98 Å². The molecule has 3 aromatic rings. The Hall–Kier alpha value is -2.24. The zero-order chi connectivity index (χ0) is 21.4. The van der Waals surface area contributed by atoms with Gasteiger partial charge >= 0.3 is 0 Å². The third kappa shape index (κ3) is 4.28. The Morgan fingerprint density at radius 1 is 1.07 bits per heavy atom. The third-order valence-electron chi connectivity index (χ3n) is 5.93. The SMILES string of the molecule is Cc1cc(C)c(CC(=O)N(CC2CCCO2)c2nc3c(C)cc(C)cc3s2)c(C)c1. The minimum atomic E-state index is 0.0870. The second-order valence-corrected chi connectivity index (χ2v) is 9.63. The molecule has 0 aliphatic carbocycles. The molecule has 30 heavy (non-hydrogen) atoms. The normalized spacial score (nSPS) is 16.4. The molecule has 0 N–H and O–H groups in total. The van der Waals surface area contributed by atoms with Gasteiger partial charge in [0.25, 0.3) is 0 Å². The second-order valence-electron chi connectivity index (χ2n) is 8.62. The van der Waals surface area contributed by atoms with E-state index in [0.717, 1.165) is 45.9 Å². The number of thiazole rings is 1. The van der Waals surface area contributed by atoms with E-state index in [-0.39, 0.29) is 12.0 Å². The fraction of sp³-hybridized carbons (Fsp3) is 0.440. The van der Waals surface area contributed by atoms with Gasteiger partial charge in [-0.05, 0) is 81.3 Å². The maximum Gasteiger partial charge on any atom is 0.233 e. The summed E-state index contributed by atoms with van der Waals surface area (Å²) in [6.07, 6.45) is 2.53. The number of hydrogen-bond donors (Lipinski definition) is 0. The molecular formula is C25H30N2O2S. The van der Waals surface area contributed by atoms with Crippen molar-refractivity contribution < 1.29 is 9.53 Å². The maximum absolute atomic E-state index is 13.6. The molecule has 2 aromatic carbocycles. The van der Waals surface area contributed by atoms with Crippen LogP contribution in [0, 0.1) is 34.6 Å². The molecule has 158 valence electrons. The lowest BCUT2D eigenvalue weighted by atomic mass is 9.97. The van der Waals surface area contributed by atoms with Crippen LogP contribution in [0.1, 0.15) is 46.2 Å². The molecule has 0 spiro atoms. The quantitative estimate of drug-likeness (QED) is 0.538. The van der Waals surface area contributed by atoms with E-state index in [2.05, 4.69) is 58.9 Å². The summed E-state index contributed by atoms with van der Waals surface area (Å²) >= 11 is 1.61. The van der Waals surface area contributed by atoms with Gasteiger partial charge in [0.15, 0.2) is 5.13 Å². The van der Waals surface area contributed by atoms with Crippen LogP contribution < -0.4 is 4.90 Å². The molecule has 1 atom stereocenters. The number of rotatable bonds is 5. The van der Waals surface area contributed by atoms with Crippen LogP contribution in [0.2, 0.25) is 0 Å². The lowest BCUT2D eigenvalue weighted by Gasteiger charge is -2.24. The first-order chi connectivity index (χ1) is 14.3. The average molecular weight is 423 g/mol. The van der Waals surface area contributed by atoms with Crippen LogP contribution in [0.25, 0.3) is 10.2 Å². The van der Waals surface area contributed by atoms with Gasteiger partial charge in [-0.3, -0.25) is 9.69 Å². The first kappa shape index (κ1) is 21.0. The number of nitrogens with zero attached hydrogens (tertiary/aromatic N) is 2. The Morgan fingerprint density at radius 2 is 1.73 bits per heavy atom. The molecule has 4 rings (SSSR count). The lowest BCUT2D eigenvalue weighted by molar-refractivity contribution is -0.118. The van der Waals surface area contributed by atoms with Crippen LogP contribution in [0.5, 0.6) is 0 Å². The number of benzene rings is 2. The number of hydrogen-bond acceptors (Lipinski definition) is 4. The Balaban J connectivity index is 1.69. The molecular weight excluding hydrogens is 392 g/mol. The zero-order valence-corrected chi connectivity index (χ0v) is 19.4. The van der Waals surface area contributed by atoms with Gasteiger partial charge in [-0.2, -0.15) is 0 Å². The largest absolute Gasteiger partial charge is 0.376 e. The molecule has 1 aliphatic heterocycles. The summed E-state index contributed by atoms with van der Waals surface area (Å²) in [6.45, 7) is 11.8. The predicted octanol–water partition coefficient (Wildman–Crippen LogP) is 5.59. The van der Waals surface area contributed by atoms with Crippen LogP contribution in [0.4, 0.5) is 5.13 Å². The van der Waals surface area contributed by atoms with Gasteiger partial charge in [0, 0.05) is 6.61 Å². The minimum absolute atomic E-state index is 0.0870. The van der Waals surface area contributed by atoms with Crippen molar-refractivity contribution in [2.24, 2.45) is 0 Å². The lowest BCUT2D eigenvalue weighted by Crippen LogP contribution is -2.38. The number of anilines is 1. The second kappa shape index (κ2) is 8.48. The molecule has 1 aromatic heterocycles. The molecule has 1 aliphatic rings. The topological polar surface area (TPSA) is 42.4 Å². The van der Waals surface area contributed by atoms with Gasteiger partial charge in [0.1, 0.15) is 0 Å². The monoisotopic (exact) mass is 422 g/mol. The number of fused-ring (bicyclic) bond motifs is 1. The number of aromatic nitrogens is 1. The highest BCUT2D eigenvalue weighted by Crippen LogP contribution is 2.33. The number of amides is 1. The highest BCUT2D eigenvalue weighted by atomic mass is 32.1. The van der Waals surface area contributed by atoms with E-state index >= 15 is 0 Å². The molecule has 1 saturated heterocycles. The summed E-state index contributed by atoms with van der Waals surface area (Å²) in [4.78, 5) is 20.3. The van der Waals surface area contributed by atoms with E-state index in [1.807, 2.05) is 4.90 Å². The van der Waals surface area contributed by atoms with Crippen molar-refractivity contribution in [1.82, 2.24) is 4.98 Å². The molecule has 4 nitrogen and oxygen atoms in total. The first-order valence-electron chi connectivity index (χ1n) is 10.7. The standard InChI is InChI=1S/C25H30N2O2S/c1-15-9-17(3)21(18(4)10-15)13-23(28)27(14-20-7-6-8-29-20)25-26-24-19(5)11-16(2)12-22(24)30-25/h9-12,20H,6-8,13-14H2,1-5H3. The van der Waals surface area contributed by atoms with Crippen molar-refractivity contribution >= 4 is 32.6 Å². The molecule has 0 radical (unpaired) electrons.